The van der Waals surface area contributed by atoms with E-state index in [9.17, 15) is 18.0 Å². The molecule has 5 nitrogen and oxygen atoms in total. The van der Waals surface area contributed by atoms with Gasteiger partial charge >= 0.3 is 12.2 Å². The van der Waals surface area contributed by atoms with Gasteiger partial charge in [-0.05, 0) is 62.6 Å². The molecule has 37 heavy (non-hydrogen) atoms. The van der Waals surface area contributed by atoms with Gasteiger partial charge in [-0.1, -0.05) is 65.0 Å². The zero-order valence-corrected chi connectivity index (χ0v) is 23.5. The van der Waals surface area contributed by atoms with E-state index in [4.69, 9.17) is 5.73 Å². The van der Waals surface area contributed by atoms with Crippen LogP contribution in [0.2, 0.25) is 0 Å². The maximum Gasteiger partial charge on any atom is 0.416 e. The average Bonchev–Trinajstić information content (AvgIpc) is 2.90. The first-order valence-electron chi connectivity index (χ1n) is 13.9. The van der Waals surface area contributed by atoms with Crippen LogP contribution in [0.1, 0.15) is 103 Å². The second kappa shape index (κ2) is 17.2. The molecule has 212 valence electrons. The Kier molecular flexibility index (Phi) is 15.2. The Balaban J connectivity index is 0.000000371. The number of carbonyl (C=O) groups is 1. The number of nitrogens with two attached hydrogens (primary N) is 1. The Morgan fingerprint density at radius 2 is 1.62 bits per heavy atom. The van der Waals surface area contributed by atoms with Gasteiger partial charge in [-0.15, -0.1) is 0 Å². The lowest BCUT2D eigenvalue weighted by molar-refractivity contribution is -0.137. The summed E-state index contributed by atoms with van der Waals surface area (Å²) >= 11 is 0. The maximum atomic E-state index is 12.3. The molecule has 0 unspecified atom stereocenters. The molecule has 0 bridgehead atoms. The molecule has 1 aliphatic rings. The van der Waals surface area contributed by atoms with Crippen LogP contribution in [0.15, 0.2) is 35.7 Å². The Morgan fingerprint density at radius 3 is 2.08 bits per heavy atom. The first kappa shape index (κ1) is 32.6. The third-order valence-corrected chi connectivity index (χ3v) is 7.04. The van der Waals surface area contributed by atoms with E-state index >= 15 is 0 Å². The summed E-state index contributed by atoms with van der Waals surface area (Å²) in [5.41, 5.74) is 7.49. The number of rotatable bonds is 11. The number of allylic oxidation sites excluding steroid dienone is 2. The number of hydrogen-bond acceptors (Lipinski definition) is 3. The van der Waals surface area contributed by atoms with Crippen LogP contribution in [0, 0.1) is 5.92 Å². The molecule has 4 N–H and O–H groups in total. The number of benzene rings is 1. The molecular weight excluding hydrogens is 477 g/mol. The first-order chi connectivity index (χ1) is 17.6. The molecule has 1 fully saturated rings. The molecule has 8 heteroatoms. The zero-order chi connectivity index (χ0) is 27.8. The van der Waals surface area contributed by atoms with Crippen molar-refractivity contribution in [2.75, 3.05) is 13.6 Å². The van der Waals surface area contributed by atoms with Gasteiger partial charge in [-0.3, -0.25) is 0 Å². The van der Waals surface area contributed by atoms with Crippen molar-refractivity contribution >= 4 is 6.03 Å². The molecule has 0 aromatic heterocycles. The number of urea groups is 1. The van der Waals surface area contributed by atoms with Crippen LogP contribution < -0.4 is 16.4 Å². The minimum atomic E-state index is -4.28. The smallest absolute Gasteiger partial charge is 0.401 e. The normalized spacial score (nSPS) is 14.9. The molecule has 0 spiro atoms. The summed E-state index contributed by atoms with van der Waals surface area (Å²) < 4.78 is 37.0. The summed E-state index contributed by atoms with van der Waals surface area (Å²) in [6.45, 7) is 9.65. The van der Waals surface area contributed by atoms with E-state index in [-0.39, 0.29) is 6.03 Å². The van der Waals surface area contributed by atoms with Gasteiger partial charge in [0.05, 0.1) is 5.56 Å². The molecule has 0 saturated heterocycles. The highest BCUT2D eigenvalue weighted by Crippen LogP contribution is 2.29. The van der Waals surface area contributed by atoms with Crippen LogP contribution in [0.4, 0.5) is 18.0 Å². The number of halogens is 3. The van der Waals surface area contributed by atoms with E-state index in [0.29, 0.717) is 12.6 Å². The largest absolute Gasteiger partial charge is 0.416 e. The second-order valence-electron chi connectivity index (χ2n) is 9.99. The summed E-state index contributed by atoms with van der Waals surface area (Å²) in [5, 5.41) is 5.92. The quantitative estimate of drug-likeness (QED) is 0.278. The van der Waals surface area contributed by atoms with Crippen LogP contribution in [0.5, 0.6) is 0 Å². The summed E-state index contributed by atoms with van der Waals surface area (Å²) in [5.74, 6) is 0.724. The number of nitrogens with one attached hydrogen (secondary N) is 2. The van der Waals surface area contributed by atoms with Crippen molar-refractivity contribution in [2.45, 2.75) is 111 Å². The lowest BCUT2D eigenvalue weighted by atomic mass is 9.88. The van der Waals surface area contributed by atoms with Crippen LogP contribution in [0.3, 0.4) is 0 Å². The lowest BCUT2D eigenvalue weighted by Gasteiger charge is -2.35. The molecule has 2 rings (SSSR count). The summed E-state index contributed by atoms with van der Waals surface area (Å²) in [7, 11) is 1.76. The van der Waals surface area contributed by atoms with Crippen molar-refractivity contribution in [1.82, 2.24) is 15.5 Å². The minimum absolute atomic E-state index is 0.123. The number of hydrogen-bond donors (Lipinski definition) is 3. The molecule has 1 aromatic rings. The van der Waals surface area contributed by atoms with Gasteiger partial charge in [-0.2, -0.15) is 13.2 Å². The van der Waals surface area contributed by atoms with Crippen LogP contribution in [0.25, 0.3) is 0 Å². The van der Waals surface area contributed by atoms with Gasteiger partial charge in [0.1, 0.15) is 0 Å². The van der Waals surface area contributed by atoms with E-state index in [2.05, 4.69) is 29.4 Å². The van der Waals surface area contributed by atoms with Crippen LogP contribution >= 0.6 is 0 Å². The van der Waals surface area contributed by atoms with Crippen molar-refractivity contribution in [1.29, 1.82) is 0 Å². The fraction of sp³-hybridized carbons (Fsp3) is 0.690. The molecule has 1 saturated carbocycles. The Hall–Kier alpha value is -2.38. The highest BCUT2D eigenvalue weighted by molar-refractivity contribution is 5.74. The van der Waals surface area contributed by atoms with Gasteiger partial charge in [0.15, 0.2) is 0 Å². The minimum Gasteiger partial charge on any atom is -0.401 e. The molecule has 0 radical (unpaired) electrons. The standard InChI is InChI=1S/C16H32N2O.C13H17F3N2/c1-4-9-15(10-5-2)18(16(19)17-3)13-14-11-7-6-8-12-14;1-3-12(17)9(2)18-8-10-4-6-11(7-5-10)13(14,15)16/h14-15H,4-13H2,1-3H3,(H,17,19);4-7,18H,3,8,17H2,1-2H3/b;12-9-. The van der Waals surface area contributed by atoms with Gasteiger partial charge in [0, 0.05) is 37.6 Å². The predicted molar refractivity (Wildman–Crippen MR) is 147 cm³/mol. The molecule has 1 aliphatic carbocycles. The van der Waals surface area contributed by atoms with Crippen LogP contribution in [-0.4, -0.2) is 30.6 Å². The first-order valence-corrected chi connectivity index (χ1v) is 13.9. The highest BCUT2D eigenvalue weighted by Gasteiger charge is 2.30. The molecular formula is C29H49F3N4O. The van der Waals surface area contributed by atoms with E-state index in [1.807, 2.05) is 13.8 Å². The van der Waals surface area contributed by atoms with Crippen molar-refractivity contribution in [3.8, 4) is 0 Å². The number of nitrogens with zero attached hydrogens (tertiary/aromatic N) is 1. The predicted octanol–water partition coefficient (Wildman–Crippen LogP) is 7.57. The zero-order valence-electron chi connectivity index (χ0n) is 23.5. The topological polar surface area (TPSA) is 70.4 Å². The van der Waals surface area contributed by atoms with E-state index in [0.717, 1.165) is 73.7 Å². The molecule has 1 aromatic carbocycles. The SMILES string of the molecule is CC/C(N)=C(\C)NCc1ccc(C(F)(F)F)cc1.CCCC(CCC)N(CC1CCCCC1)C(=O)NC. The van der Waals surface area contributed by atoms with Crippen molar-refractivity contribution < 1.29 is 18.0 Å². The van der Waals surface area contributed by atoms with Gasteiger partial charge in [-0.25, -0.2) is 4.79 Å². The Labute approximate surface area is 222 Å². The van der Waals surface area contributed by atoms with Gasteiger partial charge < -0.3 is 21.3 Å². The number of alkyl halides is 3. The Morgan fingerprint density at radius 1 is 1.05 bits per heavy atom. The number of carbonyl (C=O) groups excluding carboxylic acids is 1. The van der Waals surface area contributed by atoms with Crippen molar-refractivity contribution in [2.24, 2.45) is 11.7 Å². The fourth-order valence-corrected chi connectivity index (χ4v) is 4.74. The van der Waals surface area contributed by atoms with Crippen molar-refractivity contribution in [3.63, 3.8) is 0 Å². The van der Waals surface area contributed by atoms with E-state index in [1.165, 1.54) is 44.2 Å². The maximum absolute atomic E-state index is 12.3. The third kappa shape index (κ3) is 12.1. The average molecular weight is 527 g/mol. The molecule has 0 aliphatic heterocycles. The summed E-state index contributed by atoms with van der Waals surface area (Å²) in [4.78, 5) is 14.3. The van der Waals surface area contributed by atoms with Gasteiger partial charge in [0.2, 0.25) is 0 Å². The lowest BCUT2D eigenvalue weighted by Crippen LogP contribution is -2.47. The van der Waals surface area contributed by atoms with Gasteiger partial charge in [0.25, 0.3) is 0 Å². The monoisotopic (exact) mass is 526 g/mol. The Bertz CT molecular complexity index is 796. The van der Waals surface area contributed by atoms with Crippen LogP contribution in [-0.2, 0) is 12.7 Å². The molecule has 2 amide bonds. The third-order valence-electron chi connectivity index (χ3n) is 7.04. The van der Waals surface area contributed by atoms with E-state index in [1.54, 1.807) is 7.05 Å². The second-order valence-corrected chi connectivity index (χ2v) is 9.99. The van der Waals surface area contributed by atoms with E-state index < -0.39 is 11.7 Å². The van der Waals surface area contributed by atoms with Crippen molar-refractivity contribution in [3.05, 3.63) is 46.8 Å². The molecule has 0 atom stereocenters. The summed E-state index contributed by atoms with van der Waals surface area (Å²) in [6, 6.07) is 5.64. The summed E-state index contributed by atoms with van der Waals surface area (Å²) in [6.07, 6.45) is 7.71. The fourth-order valence-electron chi connectivity index (χ4n) is 4.74. The molecule has 0 heterocycles. The number of amides is 2. The highest BCUT2D eigenvalue weighted by atomic mass is 19.4.